The van der Waals surface area contributed by atoms with Gasteiger partial charge in [-0.2, -0.15) is 5.10 Å². The van der Waals surface area contributed by atoms with E-state index in [4.69, 9.17) is 26.1 Å². The molecule has 0 unspecified atom stereocenters. The normalized spacial score (nSPS) is 16.5. The third kappa shape index (κ3) is 5.61. The average Bonchev–Trinajstić information content (AvgIpc) is 3.37. The number of fused-ring (bicyclic) bond motifs is 1. The van der Waals surface area contributed by atoms with Gasteiger partial charge in [0.15, 0.2) is 5.65 Å². The lowest BCUT2D eigenvalue weighted by Crippen LogP contribution is -2.37. The Bertz CT molecular complexity index is 1960. The van der Waals surface area contributed by atoms with Gasteiger partial charge in [-0.05, 0) is 64.3 Å². The number of pyridine rings is 1. The Hall–Kier alpha value is -3.13. The predicted octanol–water partition coefficient (Wildman–Crippen LogP) is 6.32. The molecule has 0 spiro atoms. The van der Waals surface area contributed by atoms with Crippen LogP contribution in [-0.2, 0) is 31.6 Å². The fraction of sp³-hybridized carbons (Fsp3) is 0.406. The van der Waals surface area contributed by atoms with Crippen molar-refractivity contribution in [2.75, 3.05) is 27.5 Å². The lowest BCUT2D eigenvalue weighted by atomic mass is 9.80. The summed E-state index contributed by atoms with van der Waals surface area (Å²) in [5, 5.41) is 6.47. The van der Waals surface area contributed by atoms with E-state index in [2.05, 4.69) is 22.0 Å². The third-order valence-corrected chi connectivity index (χ3v) is 12.0. The first-order valence-electron chi connectivity index (χ1n) is 15.0. The molecule has 236 valence electrons. The first kappa shape index (κ1) is 30.5. The van der Waals surface area contributed by atoms with Crippen molar-refractivity contribution in [2.24, 2.45) is 0 Å². The summed E-state index contributed by atoms with van der Waals surface area (Å²) in [6.07, 6.45) is 12.2. The van der Waals surface area contributed by atoms with E-state index in [9.17, 15) is 8.42 Å². The minimum absolute atomic E-state index is 0.172. The van der Waals surface area contributed by atoms with Crippen LogP contribution in [0.1, 0.15) is 42.7 Å². The van der Waals surface area contributed by atoms with Crippen LogP contribution in [0.5, 0.6) is 0 Å². The largest absolute Gasteiger partial charge is 0.359 e. The van der Waals surface area contributed by atoms with Crippen molar-refractivity contribution in [3.8, 4) is 21.7 Å². The van der Waals surface area contributed by atoms with Crippen molar-refractivity contribution in [3.63, 3.8) is 0 Å². The number of hydrogen-bond donors (Lipinski definition) is 0. The number of hydrogen-bond acceptors (Lipinski definition) is 9. The summed E-state index contributed by atoms with van der Waals surface area (Å²) in [4.78, 5) is 12.7. The van der Waals surface area contributed by atoms with Crippen LogP contribution in [0.25, 0.3) is 32.7 Å². The smallest absolute Gasteiger partial charge is 0.269 e. The summed E-state index contributed by atoms with van der Waals surface area (Å²) >= 11 is 8.34. The number of nitrogens with zero attached hydrogens (tertiary/aromatic N) is 6. The minimum atomic E-state index is -4.05. The minimum Gasteiger partial charge on any atom is -0.359 e. The van der Waals surface area contributed by atoms with Crippen LogP contribution >= 0.6 is 22.9 Å². The van der Waals surface area contributed by atoms with E-state index in [0.717, 1.165) is 41.3 Å². The van der Waals surface area contributed by atoms with Crippen LogP contribution in [0.4, 0.5) is 0 Å². The number of rotatable bonds is 12. The molecule has 10 nitrogen and oxygen atoms in total. The van der Waals surface area contributed by atoms with Crippen molar-refractivity contribution >= 4 is 44.0 Å². The molecule has 2 fully saturated rings. The molecule has 13 heteroatoms. The predicted molar refractivity (Wildman–Crippen MR) is 175 cm³/mol. The van der Waals surface area contributed by atoms with E-state index in [1.807, 2.05) is 23.9 Å². The average molecular weight is 667 g/mol. The molecule has 0 saturated heterocycles. The quantitative estimate of drug-likeness (QED) is 0.143. The van der Waals surface area contributed by atoms with E-state index >= 15 is 0 Å². The highest BCUT2D eigenvalue weighted by molar-refractivity contribution is 7.90. The molecule has 1 aromatic carbocycles. The van der Waals surface area contributed by atoms with Crippen LogP contribution in [-0.4, -0.2) is 70.6 Å². The Morgan fingerprint density at radius 3 is 2.60 bits per heavy atom. The number of methoxy groups -OCH3 is 1. The van der Waals surface area contributed by atoms with Gasteiger partial charge in [-0.3, -0.25) is 4.68 Å². The van der Waals surface area contributed by atoms with Crippen LogP contribution in [0.3, 0.4) is 0 Å². The second-order valence-electron chi connectivity index (χ2n) is 12.0. The molecule has 0 radical (unpaired) electrons. The molecule has 4 aromatic heterocycles. The number of benzene rings is 1. The first-order valence-corrected chi connectivity index (χ1v) is 17.7. The molecule has 45 heavy (non-hydrogen) atoms. The Morgan fingerprint density at radius 2 is 1.91 bits per heavy atom. The van der Waals surface area contributed by atoms with Gasteiger partial charge in [-0.15, -0.1) is 11.3 Å². The van der Waals surface area contributed by atoms with Gasteiger partial charge in [0.2, 0.25) is 0 Å². The van der Waals surface area contributed by atoms with Gasteiger partial charge in [-0.25, -0.2) is 22.4 Å². The number of aromatic nitrogens is 5. The van der Waals surface area contributed by atoms with Crippen molar-refractivity contribution < 1.29 is 17.9 Å². The number of ether oxygens (including phenoxy) is 2. The third-order valence-electron chi connectivity index (χ3n) is 8.84. The number of likely N-dealkylation sites (N-methyl/N-ethyl adjacent to an activating group) is 1. The van der Waals surface area contributed by atoms with Crippen molar-refractivity contribution in [1.29, 1.82) is 0 Å². The molecular formula is C32H35ClN6O4S2. The topological polar surface area (TPSA) is 104 Å². The Labute approximate surface area is 271 Å². The van der Waals surface area contributed by atoms with Gasteiger partial charge < -0.3 is 14.4 Å². The number of halogens is 1. The Kier molecular flexibility index (Phi) is 8.07. The van der Waals surface area contributed by atoms with Gasteiger partial charge in [-0.1, -0.05) is 29.3 Å². The molecule has 0 aliphatic heterocycles. The summed E-state index contributed by atoms with van der Waals surface area (Å²) in [6.45, 7) is 3.67. The zero-order chi connectivity index (χ0) is 31.3. The van der Waals surface area contributed by atoms with E-state index in [0.29, 0.717) is 39.8 Å². The van der Waals surface area contributed by atoms with Gasteiger partial charge in [0, 0.05) is 54.8 Å². The maximum atomic E-state index is 14.4. The number of thiazole rings is 1. The van der Waals surface area contributed by atoms with Gasteiger partial charge in [0.1, 0.15) is 17.4 Å². The SMILES string of the molecule is COCOC1(c2ncc(-c3c(Cl)cnc4c3cc(-c3cnn(CCN(C)C5CC5)c3)n4S(=O)(=O)c3ccc(C)cc3)s2)CCC1. The molecule has 2 aliphatic rings. The highest BCUT2D eigenvalue weighted by atomic mass is 35.5. The van der Waals surface area contributed by atoms with Crippen LogP contribution < -0.4 is 0 Å². The molecule has 4 heterocycles. The monoisotopic (exact) mass is 666 g/mol. The highest BCUT2D eigenvalue weighted by Crippen LogP contribution is 2.49. The summed E-state index contributed by atoms with van der Waals surface area (Å²) in [6, 6.07) is 9.34. The van der Waals surface area contributed by atoms with Crippen LogP contribution in [0.15, 0.2) is 60.0 Å². The summed E-state index contributed by atoms with van der Waals surface area (Å²) in [7, 11) is -0.314. The summed E-state index contributed by atoms with van der Waals surface area (Å²) in [5.74, 6) is 0. The fourth-order valence-corrected chi connectivity index (χ4v) is 8.86. The molecule has 0 amide bonds. The maximum absolute atomic E-state index is 14.4. The summed E-state index contributed by atoms with van der Waals surface area (Å²) in [5.41, 5.74) is 2.60. The summed E-state index contributed by atoms with van der Waals surface area (Å²) < 4.78 is 43.2. The first-order chi connectivity index (χ1) is 21.7. The zero-order valence-corrected chi connectivity index (χ0v) is 27.8. The standard InChI is InChI=1S/C32H35ClN6O4S2/c1-21-5-9-24(10-6-21)45(40,41)39-27(22-16-36-38(19-22)14-13-37(2)23-7-8-23)15-25-29(26(33)17-34-30(25)39)28-18-35-31(44-28)32(11-4-12-32)43-20-42-3/h5-6,9-10,15-19,23H,4,7-8,11-14,20H2,1-3H3. The zero-order valence-electron chi connectivity index (χ0n) is 25.4. The van der Waals surface area contributed by atoms with Gasteiger partial charge >= 0.3 is 0 Å². The molecule has 0 bridgehead atoms. The van der Waals surface area contributed by atoms with Gasteiger partial charge in [0.05, 0.1) is 33.2 Å². The van der Waals surface area contributed by atoms with Crippen molar-refractivity contribution in [2.45, 2.75) is 62.1 Å². The second kappa shape index (κ2) is 11.9. The Balaban J connectivity index is 1.35. The molecule has 2 aliphatic carbocycles. The van der Waals surface area contributed by atoms with Crippen molar-refractivity contribution in [1.82, 2.24) is 28.6 Å². The lowest BCUT2D eigenvalue weighted by molar-refractivity contribution is -0.171. The lowest BCUT2D eigenvalue weighted by Gasteiger charge is -2.39. The molecule has 5 aromatic rings. The fourth-order valence-electron chi connectivity index (χ4n) is 5.88. The number of aryl methyl sites for hydroxylation is 1. The van der Waals surface area contributed by atoms with Gasteiger partial charge in [0.25, 0.3) is 10.0 Å². The van der Waals surface area contributed by atoms with Crippen molar-refractivity contribution in [3.05, 3.63) is 70.7 Å². The maximum Gasteiger partial charge on any atom is 0.269 e. The van der Waals surface area contributed by atoms with E-state index in [1.165, 1.54) is 34.3 Å². The molecule has 2 saturated carbocycles. The molecular weight excluding hydrogens is 632 g/mol. The molecule has 0 N–H and O–H groups in total. The van der Waals surface area contributed by atoms with Crippen LogP contribution in [0, 0.1) is 6.92 Å². The van der Waals surface area contributed by atoms with Crippen LogP contribution in [0.2, 0.25) is 5.02 Å². The highest BCUT2D eigenvalue weighted by Gasteiger charge is 2.43. The molecule has 7 rings (SSSR count). The van der Waals surface area contributed by atoms with E-state index in [-0.39, 0.29) is 17.3 Å². The second-order valence-corrected chi connectivity index (χ2v) is 15.2. The van der Waals surface area contributed by atoms with E-state index < -0.39 is 15.6 Å². The molecule has 0 atom stereocenters. The van der Waals surface area contributed by atoms with E-state index in [1.54, 1.807) is 43.8 Å². The Morgan fingerprint density at radius 1 is 1.13 bits per heavy atom.